The Morgan fingerprint density at radius 2 is 0.507 bits per heavy atom. The Kier molecular flexibility index (Phi) is 61.2. The fourth-order valence-corrected chi connectivity index (χ4v) is 9.51. The van der Waals surface area contributed by atoms with Gasteiger partial charge in [0.25, 0.3) is 0 Å². The van der Waals surface area contributed by atoms with Crippen molar-refractivity contribution < 1.29 is 28.6 Å². The quantitative estimate of drug-likeness (QED) is 0.0261. The minimum Gasteiger partial charge on any atom is -0.462 e. The molecular weight excluding hydrogens is 925 g/mol. The number of ether oxygens (including phenoxy) is 3. The maximum atomic E-state index is 12.8. The number of esters is 3. The Balaban J connectivity index is 4.05. The SMILES string of the molecule is CCC/C=C\CCCCCCCC(=O)OCC(COC(=O)CCCCCCCCCCCCCCCCCCCC/C=C\C/C=C\C/C=C\CCCCCCC)OC(=O)CCCCCCC/C=C\CCCCCCC. The third-order valence-electron chi connectivity index (χ3n) is 14.4. The first-order valence-electron chi connectivity index (χ1n) is 32.8. The molecule has 0 amide bonds. The van der Waals surface area contributed by atoms with E-state index in [1.807, 2.05) is 0 Å². The lowest BCUT2D eigenvalue weighted by molar-refractivity contribution is -0.167. The number of carbonyl (C=O) groups is 3. The van der Waals surface area contributed by atoms with Crippen molar-refractivity contribution in [2.45, 2.75) is 348 Å². The third-order valence-corrected chi connectivity index (χ3v) is 14.4. The first-order valence-corrected chi connectivity index (χ1v) is 32.8. The average Bonchev–Trinajstić information content (AvgIpc) is 3.41. The molecule has 436 valence electrons. The lowest BCUT2D eigenvalue weighted by Crippen LogP contribution is -2.30. The van der Waals surface area contributed by atoms with Gasteiger partial charge in [-0.2, -0.15) is 0 Å². The number of unbranched alkanes of at least 4 members (excludes halogenated alkanes) is 39. The van der Waals surface area contributed by atoms with E-state index >= 15 is 0 Å². The number of hydrogen-bond donors (Lipinski definition) is 0. The first-order chi connectivity index (χ1) is 37.0. The van der Waals surface area contributed by atoms with E-state index in [0.717, 1.165) is 96.3 Å². The lowest BCUT2D eigenvalue weighted by atomic mass is 10.0. The molecule has 0 bridgehead atoms. The van der Waals surface area contributed by atoms with E-state index in [-0.39, 0.29) is 31.1 Å². The molecule has 0 aliphatic rings. The van der Waals surface area contributed by atoms with Gasteiger partial charge in [0.15, 0.2) is 6.10 Å². The Morgan fingerprint density at radius 1 is 0.267 bits per heavy atom. The summed E-state index contributed by atoms with van der Waals surface area (Å²) in [5.41, 5.74) is 0. The molecule has 0 rings (SSSR count). The molecule has 0 saturated heterocycles. The van der Waals surface area contributed by atoms with Crippen LogP contribution in [0.4, 0.5) is 0 Å². The minimum absolute atomic E-state index is 0.0770. The van der Waals surface area contributed by atoms with Crippen LogP contribution >= 0.6 is 0 Å². The number of allylic oxidation sites excluding steroid dienone is 10. The predicted octanol–water partition coefficient (Wildman–Crippen LogP) is 22.3. The summed E-state index contributed by atoms with van der Waals surface area (Å²) in [7, 11) is 0. The highest BCUT2D eigenvalue weighted by Gasteiger charge is 2.19. The molecule has 6 heteroatoms. The highest BCUT2D eigenvalue weighted by atomic mass is 16.6. The maximum absolute atomic E-state index is 12.8. The van der Waals surface area contributed by atoms with Crippen molar-refractivity contribution in [3.63, 3.8) is 0 Å². The summed E-state index contributed by atoms with van der Waals surface area (Å²) < 4.78 is 16.9. The smallest absolute Gasteiger partial charge is 0.306 e. The van der Waals surface area contributed by atoms with Gasteiger partial charge in [0.2, 0.25) is 0 Å². The molecule has 0 aliphatic heterocycles. The Hall–Kier alpha value is -2.89. The average molecular weight is 1050 g/mol. The van der Waals surface area contributed by atoms with E-state index in [4.69, 9.17) is 14.2 Å². The van der Waals surface area contributed by atoms with Crippen molar-refractivity contribution >= 4 is 17.9 Å². The summed E-state index contributed by atoms with van der Waals surface area (Å²) in [6.45, 7) is 6.58. The monoisotopic (exact) mass is 1050 g/mol. The number of carbonyl (C=O) groups excluding carboxylic acids is 3. The van der Waals surface area contributed by atoms with Crippen LogP contribution in [0.1, 0.15) is 342 Å². The van der Waals surface area contributed by atoms with Gasteiger partial charge in [-0.3, -0.25) is 14.4 Å². The minimum atomic E-state index is -0.779. The Labute approximate surface area is 466 Å². The second-order valence-corrected chi connectivity index (χ2v) is 22.0. The molecular formula is C69H124O6. The van der Waals surface area contributed by atoms with E-state index in [0.29, 0.717) is 19.3 Å². The fraction of sp³-hybridized carbons (Fsp3) is 0.812. The molecule has 0 aromatic carbocycles. The molecule has 0 aliphatic carbocycles. The van der Waals surface area contributed by atoms with E-state index in [2.05, 4.69) is 81.5 Å². The van der Waals surface area contributed by atoms with Crippen molar-refractivity contribution in [2.24, 2.45) is 0 Å². The molecule has 0 aromatic rings. The van der Waals surface area contributed by atoms with Gasteiger partial charge in [0, 0.05) is 19.3 Å². The summed E-state index contributed by atoms with van der Waals surface area (Å²) in [5.74, 6) is -0.882. The third kappa shape index (κ3) is 61.8. The molecule has 0 radical (unpaired) electrons. The van der Waals surface area contributed by atoms with Crippen molar-refractivity contribution in [1.82, 2.24) is 0 Å². The zero-order valence-electron chi connectivity index (χ0n) is 50.1. The molecule has 0 fully saturated rings. The molecule has 0 heterocycles. The molecule has 0 aromatic heterocycles. The Morgan fingerprint density at radius 3 is 0.813 bits per heavy atom. The van der Waals surface area contributed by atoms with Crippen LogP contribution in [-0.4, -0.2) is 37.2 Å². The second-order valence-electron chi connectivity index (χ2n) is 22.0. The van der Waals surface area contributed by atoms with Gasteiger partial charge in [-0.25, -0.2) is 0 Å². The highest BCUT2D eigenvalue weighted by molar-refractivity contribution is 5.71. The highest BCUT2D eigenvalue weighted by Crippen LogP contribution is 2.17. The van der Waals surface area contributed by atoms with Gasteiger partial charge in [-0.1, -0.05) is 281 Å². The van der Waals surface area contributed by atoms with Gasteiger partial charge in [0.1, 0.15) is 13.2 Å². The maximum Gasteiger partial charge on any atom is 0.306 e. The van der Waals surface area contributed by atoms with Crippen LogP contribution < -0.4 is 0 Å². The number of hydrogen-bond acceptors (Lipinski definition) is 6. The summed E-state index contributed by atoms with van der Waals surface area (Å²) >= 11 is 0. The van der Waals surface area contributed by atoms with Crippen molar-refractivity contribution in [1.29, 1.82) is 0 Å². The first kappa shape index (κ1) is 72.1. The standard InChI is InChI=1S/C69H124O6/c1-4-7-10-13-16-19-22-24-26-27-28-29-30-31-32-33-34-35-36-37-38-39-40-41-42-43-44-46-47-50-53-56-59-62-68(71)74-65-66(64-73-67(70)61-58-55-52-49-21-18-15-12-9-6-3)75-69(72)63-60-57-54-51-48-45-25-23-20-17-14-11-8-5-2/h12,15,22-25,27-28,30-31,66H,4-11,13-14,16-21,26,29,32-65H2,1-3H3/b15-12-,24-22-,25-23-,28-27-,31-30-. The van der Waals surface area contributed by atoms with E-state index in [9.17, 15) is 14.4 Å². The summed E-state index contributed by atoms with van der Waals surface area (Å²) in [5, 5.41) is 0. The largest absolute Gasteiger partial charge is 0.462 e. The number of rotatable bonds is 60. The summed E-state index contributed by atoms with van der Waals surface area (Å²) in [6.07, 6.45) is 81.2. The molecule has 1 unspecified atom stereocenters. The van der Waals surface area contributed by atoms with Gasteiger partial charge >= 0.3 is 17.9 Å². The van der Waals surface area contributed by atoms with Crippen LogP contribution in [0.2, 0.25) is 0 Å². The normalized spacial score (nSPS) is 12.4. The molecule has 0 N–H and O–H groups in total. The van der Waals surface area contributed by atoms with Crippen LogP contribution in [0.25, 0.3) is 0 Å². The van der Waals surface area contributed by atoms with Gasteiger partial charge in [-0.15, -0.1) is 0 Å². The topological polar surface area (TPSA) is 78.9 Å². The van der Waals surface area contributed by atoms with E-state index < -0.39 is 6.10 Å². The van der Waals surface area contributed by atoms with Crippen LogP contribution in [0.5, 0.6) is 0 Å². The van der Waals surface area contributed by atoms with Crippen LogP contribution in [0.3, 0.4) is 0 Å². The second kappa shape index (κ2) is 63.6. The molecule has 1 atom stereocenters. The van der Waals surface area contributed by atoms with E-state index in [1.54, 1.807) is 0 Å². The van der Waals surface area contributed by atoms with Crippen LogP contribution in [-0.2, 0) is 28.6 Å². The van der Waals surface area contributed by atoms with Crippen molar-refractivity contribution in [3.05, 3.63) is 60.8 Å². The Bertz CT molecular complexity index is 1340. The lowest BCUT2D eigenvalue weighted by Gasteiger charge is -2.18. The van der Waals surface area contributed by atoms with Gasteiger partial charge in [-0.05, 0) is 103 Å². The fourth-order valence-electron chi connectivity index (χ4n) is 9.51. The summed E-state index contributed by atoms with van der Waals surface area (Å²) in [6, 6.07) is 0. The molecule has 6 nitrogen and oxygen atoms in total. The van der Waals surface area contributed by atoms with Crippen LogP contribution in [0.15, 0.2) is 60.8 Å². The van der Waals surface area contributed by atoms with Gasteiger partial charge < -0.3 is 14.2 Å². The van der Waals surface area contributed by atoms with Crippen LogP contribution in [0, 0.1) is 0 Å². The zero-order chi connectivity index (χ0) is 54.3. The van der Waals surface area contributed by atoms with Crippen molar-refractivity contribution in [3.8, 4) is 0 Å². The van der Waals surface area contributed by atoms with E-state index in [1.165, 1.54) is 205 Å². The molecule has 75 heavy (non-hydrogen) atoms. The van der Waals surface area contributed by atoms with Crippen molar-refractivity contribution in [2.75, 3.05) is 13.2 Å². The zero-order valence-corrected chi connectivity index (χ0v) is 50.1. The molecule has 0 saturated carbocycles. The van der Waals surface area contributed by atoms with Gasteiger partial charge in [0.05, 0.1) is 0 Å². The predicted molar refractivity (Wildman–Crippen MR) is 325 cm³/mol. The molecule has 0 spiro atoms. The summed E-state index contributed by atoms with van der Waals surface area (Å²) in [4.78, 5) is 38.1.